The molecule has 3 rings (SSSR count). The number of carbonyl (C=O) groups excluding carboxylic acids is 1. The van der Waals surface area contributed by atoms with Gasteiger partial charge in [0.05, 0.1) is 18.2 Å². The van der Waals surface area contributed by atoms with Crippen LogP contribution in [0.3, 0.4) is 0 Å². The smallest absolute Gasteiger partial charge is 0.223 e. The van der Waals surface area contributed by atoms with Crippen molar-refractivity contribution in [2.75, 3.05) is 6.54 Å². The highest BCUT2D eigenvalue weighted by Crippen LogP contribution is 2.37. The number of carbonyl (C=O) groups is 1. The summed E-state index contributed by atoms with van der Waals surface area (Å²) < 4.78 is 0. The normalized spacial score (nSPS) is 19.8. The zero-order chi connectivity index (χ0) is 22.4. The Balaban J connectivity index is 1.92. The molecule has 31 heavy (non-hydrogen) atoms. The van der Waals surface area contributed by atoms with Gasteiger partial charge in [0.2, 0.25) is 5.91 Å². The number of hydrogen-bond acceptors (Lipinski definition) is 3. The summed E-state index contributed by atoms with van der Waals surface area (Å²) in [7, 11) is 0. The topological polar surface area (TPSA) is 43.8 Å². The maximum atomic E-state index is 13.1. The molecule has 1 amide bonds. The predicted molar refractivity (Wildman–Crippen MR) is 127 cm³/mol. The van der Waals surface area contributed by atoms with E-state index in [1.54, 1.807) is 0 Å². The third-order valence-corrected chi connectivity index (χ3v) is 6.96. The number of nitrogens with zero attached hydrogens (tertiary/aromatic N) is 2. The molecule has 1 aliphatic heterocycles. The standard InChI is InChI=1S/C27H38N2O2/c1-5-20(3)28(21(4)6-2)19-25(30)24-17-18-26(31)29(24)27(22-13-9-7-10-14-22)23-15-11-8-12-16-23/h7-16,20-21,24-25,27,30H,5-6,17-19H2,1-4H3/t20?,21?,24-,25+/m0/s1. The van der Waals surface area contributed by atoms with E-state index in [1.807, 2.05) is 41.3 Å². The van der Waals surface area contributed by atoms with Crippen LogP contribution in [-0.4, -0.2) is 51.6 Å². The number of likely N-dealkylation sites (tertiary alicyclic amines) is 1. The fourth-order valence-corrected chi connectivity index (χ4v) is 4.82. The number of amides is 1. The lowest BCUT2D eigenvalue weighted by Gasteiger charge is -2.40. The molecule has 168 valence electrons. The molecule has 0 aliphatic carbocycles. The first kappa shape index (κ1) is 23.5. The van der Waals surface area contributed by atoms with Gasteiger partial charge in [-0.2, -0.15) is 0 Å². The van der Waals surface area contributed by atoms with Crippen LogP contribution in [0.4, 0.5) is 0 Å². The van der Waals surface area contributed by atoms with Crippen molar-refractivity contribution in [3.63, 3.8) is 0 Å². The summed E-state index contributed by atoms with van der Waals surface area (Å²) >= 11 is 0. The lowest BCUT2D eigenvalue weighted by atomic mass is 9.95. The minimum atomic E-state index is -0.579. The molecule has 1 N–H and O–H groups in total. The van der Waals surface area contributed by atoms with E-state index < -0.39 is 6.10 Å². The van der Waals surface area contributed by atoms with Crippen molar-refractivity contribution in [1.29, 1.82) is 0 Å². The van der Waals surface area contributed by atoms with Gasteiger partial charge in [-0.1, -0.05) is 74.5 Å². The van der Waals surface area contributed by atoms with E-state index in [4.69, 9.17) is 0 Å². The molecule has 1 aliphatic rings. The van der Waals surface area contributed by atoms with Crippen LogP contribution in [0.5, 0.6) is 0 Å². The number of benzene rings is 2. The highest BCUT2D eigenvalue weighted by molar-refractivity contribution is 5.80. The molecule has 0 aromatic heterocycles. The maximum absolute atomic E-state index is 13.1. The first-order valence-corrected chi connectivity index (χ1v) is 11.8. The van der Waals surface area contributed by atoms with E-state index in [2.05, 4.69) is 56.9 Å². The molecular weight excluding hydrogens is 384 g/mol. The lowest BCUT2D eigenvalue weighted by Crippen LogP contribution is -2.51. The monoisotopic (exact) mass is 422 g/mol. The van der Waals surface area contributed by atoms with Crippen LogP contribution in [0, 0.1) is 0 Å². The molecule has 1 fully saturated rings. The van der Waals surface area contributed by atoms with E-state index in [1.165, 1.54) is 0 Å². The zero-order valence-corrected chi connectivity index (χ0v) is 19.4. The third-order valence-electron chi connectivity index (χ3n) is 6.96. The summed E-state index contributed by atoms with van der Waals surface area (Å²) in [6, 6.07) is 20.8. The van der Waals surface area contributed by atoms with Crippen LogP contribution in [0.1, 0.15) is 70.5 Å². The Morgan fingerprint density at radius 2 is 1.42 bits per heavy atom. The molecule has 2 aromatic rings. The van der Waals surface area contributed by atoms with Crippen LogP contribution >= 0.6 is 0 Å². The minimum Gasteiger partial charge on any atom is -0.390 e. The van der Waals surface area contributed by atoms with Gasteiger partial charge in [-0.3, -0.25) is 9.69 Å². The summed E-state index contributed by atoms with van der Waals surface area (Å²) in [5, 5.41) is 11.4. The Kier molecular flexibility index (Phi) is 8.28. The zero-order valence-electron chi connectivity index (χ0n) is 19.4. The van der Waals surface area contributed by atoms with Crippen molar-refractivity contribution in [1.82, 2.24) is 9.80 Å². The highest BCUT2D eigenvalue weighted by atomic mass is 16.3. The Morgan fingerprint density at radius 3 is 1.87 bits per heavy atom. The van der Waals surface area contributed by atoms with Gasteiger partial charge in [0, 0.05) is 25.0 Å². The summed E-state index contributed by atoms with van der Waals surface area (Å²) in [4.78, 5) is 17.5. The van der Waals surface area contributed by atoms with Crippen molar-refractivity contribution >= 4 is 5.91 Å². The van der Waals surface area contributed by atoms with E-state index in [9.17, 15) is 9.90 Å². The SMILES string of the molecule is CCC(C)N(C[C@@H](O)[C@@H]1CCC(=O)N1C(c1ccccc1)c1ccccc1)C(C)CC. The van der Waals surface area contributed by atoms with E-state index in [0.29, 0.717) is 31.5 Å². The van der Waals surface area contributed by atoms with Crippen LogP contribution in [-0.2, 0) is 4.79 Å². The number of aliphatic hydroxyl groups is 1. The van der Waals surface area contributed by atoms with Crippen LogP contribution < -0.4 is 0 Å². The van der Waals surface area contributed by atoms with Gasteiger partial charge in [-0.15, -0.1) is 0 Å². The van der Waals surface area contributed by atoms with Crippen molar-refractivity contribution in [3.05, 3.63) is 71.8 Å². The maximum Gasteiger partial charge on any atom is 0.223 e. The molecule has 4 atom stereocenters. The van der Waals surface area contributed by atoms with E-state index >= 15 is 0 Å². The highest BCUT2D eigenvalue weighted by Gasteiger charge is 2.42. The Labute approximate surface area is 187 Å². The van der Waals surface area contributed by atoms with Gasteiger partial charge >= 0.3 is 0 Å². The molecule has 2 aromatic carbocycles. The molecule has 2 unspecified atom stereocenters. The second-order valence-electron chi connectivity index (χ2n) is 8.91. The fourth-order valence-electron chi connectivity index (χ4n) is 4.82. The Hall–Kier alpha value is -2.17. The quantitative estimate of drug-likeness (QED) is 0.584. The first-order valence-electron chi connectivity index (χ1n) is 11.8. The van der Waals surface area contributed by atoms with Gasteiger partial charge in [0.25, 0.3) is 0 Å². The van der Waals surface area contributed by atoms with Gasteiger partial charge in [0.15, 0.2) is 0 Å². The Bertz CT molecular complexity index is 761. The second-order valence-corrected chi connectivity index (χ2v) is 8.91. The lowest BCUT2D eigenvalue weighted by molar-refractivity contribution is -0.132. The van der Waals surface area contributed by atoms with Gasteiger partial charge in [-0.05, 0) is 44.2 Å². The molecule has 1 heterocycles. The molecule has 4 nitrogen and oxygen atoms in total. The van der Waals surface area contributed by atoms with Gasteiger partial charge in [0.1, 0.15) is 0 Å². The molecule has 0 radical (unpaired) electrons. The van der Waals surface area contributed by atoms with Crippen LogP contribution in [0.25, 0.3) is 0 Å². The van der Waals surface area contributed by atoms with Crippen molar-refractivity contribution in [2.45, 2.75) is 83.6 Å². The Morgan fingerprint density at radius 1 is 0.935 bits per heavy atom. The first-order chi connectivity index (χ1) is 15.0. The van der Waals surface area contributed by atoms with E-state index in [0.717, 1.165) is 24.0 Å². The molecule has 0 spiro atoms. The average Bonchev–Trinajstić information content (AvgIpc) is 3.19. The van der Waals surface area contributed by atoms with Crippen molar-refractivity contribution < 1.29 is 9.90 Å². The largest absolute Gasteiger partial charge is 0.390 e. The molecule has 4 heteroatoms. The molecular formula is C27H38N2O2. The molecule has 0 bridgehead atoms. The summed E-state index contributed by atoms with van der Waals surface area (Å²) in [5.41, 5.74) is 2.17. The predicted octanol–water partition coefficient (Wildman–Crippen LogP) is 5.03. The average molecular weight is 423 g/mol. The van der Waals surface area contributed by atoms with Crippen LogP contribution in [0.2, 0.25) is 0 Å². The summed E-state index contributed by atoms with van der Waals surface area (Å²) in [6.07, 6.45) is 2.70. The molecule has 0 saturated carbocycles. The van der Waals surface area contributed by atoms with Crippen molar-refractivity contribution in [3.8, 4) is 0 Å². The fraction of sp³-hybridized carbons (Fsp3) is 0.519. The van der Waals surface area contributed by atoms with Crippen molar-refractivity contribution in [2.24, 2.45) is 0 Å². The molecule has 1 saturated heterocycles. The summed E-state index contributed by atoms with van der Waals surface area (Å²) in [6.45, 7) is 9.44. The van der Waals surface area contributed by atoms with Gasteiger partial charge in [-0.25, -0.2) is 0 Å². The van der Waals surface area contributed by atoms with Gasteiger partial charge < -0.3 is 10.0 Å². The number of rotatable bonds is 10. The second kappa shape index (κ2) is 10.9. The van der Waals surface area contributed by atoms with E-state index in [-0.39, 0.29) is 18.0 Å². The minimum absolute atomic E-state index is 0.125. The van der Waals surface area contributed by atoms with Crippen LogP contribution in [0.15, 0.2) is 60.7 Å². The number of aliphatic hydroxyl groups excluding tert-OH is 1. The third kappa shape index (κ3) is 5.36. The number of hydrogen-bond donors (Lipinski definition) is 1. The summed E-state index contributed by atoms with van der Waals surface area (Å²) in [5.74, 6) is 0.125.